The molecule has 0 saturated carbocycles. The van der Waals surface area contributed by atoms with E-state index in [1.807, 2.05) is 17.8 Å². The van der Waals surface area contributed by atoms with Gasteiger partial charge in [-0.25, -0.2) is 13.8 Å². The summed E-state index contributed by atoms with van der Waals surface area (Å²) in [6.07, 6.45) is 7.97. The molecule has 2 aliphatic heterocycles. The van der Waals surface area contributed by atoms with Gasteiger partial charge in [-0.05, 0) is 44.7 Å². The summed E-state index contributed by atoms with van der Waals surface area (Å²) in [5, 5.41) is 12.3. The van der Waals surface area contributed by atoms with Crippen LogP contribution in [0.4, 0.5) is 20.4 Å². The molecule has 188 valence electrons. The number of benzene rings is 1. The van der Waals surface area contributed by atoms with Crippen LogP contribution in [0, 0.1) is 18.6 Å². The monoisotopic (exact) mass is 494 g/mol. The first-order valence-electron chi connectivity index (χ1n) is 12.4. The molecule has 0 bridgehead atoms. The Morgan fingerprint density at radius 3 is 2.50 bits per heavy atom. The Labute approximate surface area is 207 Å². The van der Waals surface area contributed by atoms with E-state index in [1.165, 1.54) is 22.7 Å². The maximum Gasteiger partial charge on any atom is 0.232 e. The van der Waals surface area contributed by atoms with Gasteiger partial charge in [0.1, 0.15) is 11.6 Å². The molecule has 36 heavy (non-hydrogen) atoms. The smallest absolute Gasteiger partial charge is 0.232 e. The number of fused-ring (bicyclic) bond motifs is 1. The molecule has 0 unspecified atom stereocenters. The molecule has 1 N–H and O–H groups in total. The molecule has 2 saturated heterocycles. The van der Waals surface area contributed by atoms with Crippen molar-refractivity contribution in [2.75, 3.05) is 31.6 Å². The molecule has 9 nitrogen and oxygen atoms in total. The SMILES string of the molecule is Cc1cc2nc(-c3c(F)cccc3F)nc(Nc3cnn(C4CCN(C5CCOCC5)CC4)c3)n2n1. The van der Waals surface area contributed by atoms with Crippen LogP contribution in [0.5, 0.6) is 0 Å². The largest absolute Gasteiger partial charge is 0.381 e. The molecule has 6 rings (SSSR count). The average Bonchev–Trinajstić information content (AvgIpc) is 3.51. The Bertz CT molecular complexity index is 1350. The number of aryl methyl sites for hydroxylation is 1. The van der Waals surface area contributed by atoms with Crippen molar-refractivity contribution in [3.63, 3.8) is 0 Å². The highest BCUT2D eigenvalue weighted by atomic mass is 19.1. The number of ether oxygens (including phenoxy) is 1. The third-order valence-corrected chi connectivity index (χ3v) is 7.07. The molecule has 4 aromatic rings. The van der Waals surface area contributed by atoms with Gasteiger partial charge in [0.2, 0.25) is 5.95 Å². The molecular formula is C25H28F2N8O. The van der Waals surface area contributed by atoms with Crippen molar-refractivity contribution in [2.45, 2.75) is 44.7 Å². The Morgan fingerprint density at radius 1 is 1.00 bits per heavy atom. The Hall–Kier alpha value is -3.44. The molecule has 11 heteroatoms. The fourth-order valence-electron chi connectivity index (χ4n) is 5.20. The molecule has 5 heterocycles. The van der Waals surface area contributed by atoms with Crippen LogP contribution in [0.3, 0.4) is 0 Å². The van der Waals surface area contributed by atoms with Crippen LogP contribution in [0.1, 0.15) is 37.4 Å². The number of anilines is 2. The molecule has 0 atom stereocenters. The van der Waals surface area contributed by atoms with Crippen LogP contribution >= 0.6 is 0 Å². The normalized spacial score (nSPS) is 18.2. The highest BCUT2D eigenvalue weighted by Crippen LogP contribution is 2.29. The lowest BCUT2D eigenvalue weighted by Crippen LogP contribution is -2.44. The second kappa shape index (κ2) is 9.55. The number of nitrogens with zero attached hydrogens (tertiary/aromatic N) is 7. The van der Waals surface area contributed by atoms with E-state index in [9.17, 15) is 8.78 Å². The Balaban J connectivity index is 1.23. The van der Waals surface area contributed by atoms with Gasteiger partial charge in [-0.3, -0.25) is 4.68 Å². The summed E-state index contributed by atoms with van der Waals surface area (Å²) in [6, 6.07) is 6.39. The van der Waals surface area contributed by atoms with E-state index < -0.39 is 11.6 Å². The summed E-state index contributed by atoms with van der Waals surface area (Å²) in [7, 11) is 0. The number of halogens is 2. The molecule has 0 spiro atoms. The number of nitrogens with one attached hydrogen (secondary N) is 1. The number of aromatic nitrogens is 6. The van der Waals surface area contributed by atoms with E-state index in [-0.39, 0.29) is 11.4 Å². The molecule has 0 aliphatic carbocycles. The molecule has 3 aromatic heterocycles. The van der Waals surface area contributed by atoms with Crippen molar-refractivity contribution in [3.05, 3.63) is 54.0 Å². The highest BCUT2D eigenvalue weighted by Gasteiger charge is 2.27. The van der Waals surface area contributed by atoms with Gasteiger partial charge in [-0.15, -0.1) is 0 Å². The van der Waals surface area contributed by atoms with E-state index in [0.29, 0.717) is 29.4 Å². The van der Waals surface area contributed by atoms with E-state index in [4.69, 9.17) is 4.74 Å². The topological polar surface area (TPSA) is 85.4 Å². The maximum atomic E-state index is 14.5. The van der Waals surface area contributed by atoms with Crippen LogP contribution in [-0.2, 0) is 4.74 Å². The second-order valence-electron chi connectivity index (χ2n) is 9.47. The minimum atomic E-state index is -0.721. The van der Waals surface area contributed by atoms with Crippen molar-refractivity contribution in [1.29, 1.82) is 0 Å². The molecule has 0 amide bonds. The average molecular weight is 495 g/mol. The van der Waals surface area contributed by atoms with Crippen LogP contribution in [0.2, 0.25) is 0 Å². The summed E-state index contributed by atoms with van der Waals surface area (Å²) in [5.41, 5.74) is 1.60. The number of piperidine rings is 1. The summed E-state index contributed by atoms with van der Waals surface area (Å²) < 4.78 is 38.0. The fourth-order valence-corrected chi connectivity index (χ4v) is 5.20. The van der Waals surface area contributed by atoms with Gasteiger partial charge in [-0.1, -0.05) is 6.07 Å². The molecule has 1 aromatic carbocycles. The number of rotatable bonds is 5. The molecular weight excluding hydrogens is 466 g/mol. The zero-order valence-electron chi connectivity index (χ0n) is 20.1. The maximum absolute atomic E-state index is 14.5. The van der Waals surface area contributed by atoms with Gasteiger partial charge in [0.25, 0.3) is 0 Å². The van der Waals surface area contributed by atoms with E-state index in [1.54, 1.807) is 12.3 Å². The van der Waals surface area contributed by atoms with Crippen LogP contribution in [0.15, 0.2) is 36.7 Å². The number of hydrogen-bond acceptors (Lipinski definition) is 7. The quantitative estimate of drug-likeness (QED) is 0.446. The van der Waals surface area contributed by atoms with Crippen LogP contribution in [0.25, 0.3) is 17.0 Å². The third kappa shape index (κ3) is 4.44. The van der Waals surface area contributed by atoms with Crippen molar-refractivity contribution in [1.82, 2.24) is 34.3 Å². The van der Waals surface area contributed by atoms with Crippen LogP contribution < -0.4 is 5.32 Å². The van der Waals surface area contributed by atoms with Crippen molar-refractivity contribution < 1.29 is 13.5 Å². The summed E-state index contributed by atoms with van der Waals surface area (Å²) >= 11 is 0. The lowest BCUT2D eigenvalue weighted by atomic mass is 10.00. The highest BCUT2D eigenvalue weighted by molar-refractivity contribution is 5.64. The van der Waals surface area contributed by atoms with Gasteiger partial charge >= 0.3 is 0 Å². The predicted octanol–water partition coefficient (Wildman–Crippen LogP) is 4.13. The molecule has 2 aliphatic rings. The first-order chi connectivity index (χ1) is 17.5. The Morgan fingerprint density at radius 2 is 1.75 bits per heavy atom. The standard InChI is InChI=1S/C25H28F2N8O/c1-16-13-22-30-24(23-20(26)3-2-4-21(23)27)31-25(35(22)32-16)29-17-14-28-34(15-17)19-5-9-33(10-6-19)18-7-11-36-12-8-18/h2-4,13-15,18-19H,5-12H2,1H3,(H,29,30,31). The lowest BCUT2D eigenvalue weighted by molar-refractivity contribution is 0.0212. The Kier molecular flexibility index (Phi) is 6.10. The van der Waals surface area contributed by atoms with Gasteiger partial charge < -0.3 is 15.0 Å². The zero-order valence-corrected chi connectivity index (χ0v) is 20.1. The zero-order chi connectivity index (χ0) is 24.6. The van der Waals surface area contributed by atoms with Gasteiger partial charge in [0.05, 0.1) is 29.2 Å². The summed E-state index contributed by atoms with van der Waals surface area (Å²) in [5.74, 6) is -1.18. The lowest BCUT2D eigenvalue weighted by Gasteiger charge is -2.39. The second-order valence-corrected chi connectivity index (χ2v) is 9.47. The van der Waals surface area contributed by atoms with Gasteiger partial charge in [0.15, 0.2) is 11.5 Å². The first-order valence-corrected chi connectivity index (χ1v) is 12.4. The molecule has 2 fully saturated rings. The number of likely N-dealkylation sites (tertiary alicyclic amines) is 1. The van der Waals surface area contributed by atoms with E-state index in [0.717, 1.165) is 57.7 Å². The van der Waals surface area contributed by atoms with E-state index in [2.05, 4.69) is 30.4 Å². The van der Waals surface area contributed by atoms with Gasteiger partial charge in [0, 0.05) is 44.6 Å². The minimum Gasteiger partial charge on any atom is -0.381 e. The number of hydrogen-bond donors (Lipinski definition) is 1. The van der Waals surface area contributed by atoms with Crippen molar-refractivity contribution >= 4 is 17.3 Å². The predicted molar refractivity (Wildman–Crippen MR) is 130 cm³/mol. The summed E-state index contributed by atoms with van der Waals surface area (Å²) in [4.78, 5) is 11.4. The van der Waals surface area contributed by atoms with Gasteiger partial charge in [-0.2, -0.15) is 19.7 Å². The van der Waals surface area contributed by atoms with Crippen molar-refractivity contribution in [2.24, 2.45) is 0 Å². The molecule has 0 radical (unpaired) electrons. The first kappa shape index (κ1) is 23.0. The third-order valence-electron chi connectivity index (χ3n) is 7.07. The fraction of sp³-hybridized carbons (Fsp3) is 0.440. The van der Waals surface area contributed by atoms with Crippen LogP contribution in [-0.4, -0.2) is 66.6 Å². The minimum absolute atomic E-state index is 0.0478. The van der Waals surface area contributed by atoms with E-state index >= 15 is 0 Å². The van der Waals surface area contributed by atoms with Crippen molar-refractivity contribution in [3.8, 4) is 11.4 Å². The summed E-state index contributed by atoms with van der Waals surface area (Å²) in [6.45, 7) is 5.64.